The van der Waals surface area contributed by atoms with E-state index < -0.39 is 23.4 Å². The molecule has 2 N–H and O–H groups in total. The van der Waals surface area contributed by atoms with Crippen LogP contribution in [-0.2, 0) is 14.4 Å². The van der Waals surface area contributed by atoms with Crippen molar-refractivity contribution in [3.05, 3.63) is 29.8 Å². The van der Waals surface area contributed by atoms with Gasteiger partial charge in [-0.15, -0.1) is 0 Å². The van der Waals surface area contributed by atoms with Crippen LogP contribution in [-0.4, -0.2) is 18.9 Å². The molecule has 0 saturated carbocycles. The van der Waals surface area contributed by atoms with Crippen LogP contribution in [0.2, 0.25) is 0 Å². The molecule has 86 valence electrons. The summed E-state index contributed by atoms with van der Waals surface area (Å²) in [5, 5.41) is 2.00. The number of rotatable bonds is 2. The number of halogens is 2. The molecule has 16 heavy (non-hydrogen) atoms. The molecule has 7 heteroatoms. The third-order valence-electron chi connectivity index (χ3n) is 1.52. The van der Waals surface area contributed by atoms with Gasteiger partial charge in [-0.05, 0) is 12.1 Å². The summed E-state index contributed by atoms with van der Waals surface area (Å²) in [6.45, 7) is 0. The van der Waals surface area contributed by atoms with E-state index in [0.717, 1.165) is 19.2 Å². The normalized spacial score (nSPS) is 9.69. The highest BCUT2D eigenvalue weighted by molar-refractivity contribution is 6.39. The van der Waals surface area contributed by atoms with Crippen LogP contribution in [0.25, 0.3) is 0 Å². The SMILES string of the molecule is CONC(=O)C(=O)Nc1cc(F)cc(F)c1. The molecular formula is C9H8F2N2O3. The number of nitrogens with one attached hydrogen (secondary N) is 2. The number of benzene rings is 1. The number of carbonyl (C=O) groups excluding carboxylic acids is 2. The Bertz CT molecular complexity index is 403. The van der Waals surface area contributed by atoms with Gasteiger partial charge in [0.25, 0.3) is 0 Å². The van der Waals surface area contributed by atoms with Crippen molar-refractivity contribution in [2.24, 2.45) is 0 Å². The standard InChI is InChI=1S/C9H8F2N2O3/c1-16-13-9(15)8(14)12-7-3-5(10)2-6(11)4-7/h2-4H,1H3,(H,12,14)(H,13,15). The van der Waals surface area contributed by atoms with Crippen molar-refractivity contribution < 1.29 is 23.2 Å². The molecule has 5 nitrogen and oxygen atoms in total. The fourth-order valence-electron chi connectivity index (χ4n) is 0.953. The number of anilines is 1. The fraction of sp³-hybridized carbons (Fsp3) is 0.111. The molecule has 0 aliphatic rings. The summed E-state index contributed by atoms with van der Waals surface area (Å²) in [6.07, 6.45) is 0. The van der Waals surface area contributed by atoms with Crippen molar-refractivity contribution in [3.63, 3.8) is 0 Å². The Morgan fingerprint density at radius 2 is 1.69 bits per heavy atom. The highest BCUT2D eigenvalue weighted by Crippen LogP contribution is 2.12. The highest BCUT2D eigenvalue weighted by atomic mass is 19.1. The quantitative estimate of drug-likeness (QED) is 0.577. The predicted molar refractivity (Wildman–Crippen MR) is 50.1 cm³/mol. The Morgan fingerprint density at radius 1 is 1.12 bits per heavy atom. The molecule has 0 atom stereocenters. The molecule has 1 rings (SSSR count). The molecule has 0 spiro atoms. The van der Waals surface area contributed by atoms with E-state index in [1.165, 1.54) is 0 Å². The summed E-state index contributed by atoms with van der Waals surface area (Å²) in [5.74, 6) is -3.89. The van der Waals surface area contributed by atoms with E-state index in [2.05, 4.69) is 4.84 Å². The Hall–Kier alpha value is -2.02. The summed E-state index contributed by atoms with van der Waals surface area (Å²) in [5.41, 5.74) is 1.60. The lowest BCUT2D eigenvalue weighted by Gasteiger charge is -2.04. The van der Waals surface area contributed by atoms with Gasteiger partial charge in [-0.1, -0.05) is 0 Å². The first kappa shape index (κ1) is 12.1. The van der Waals surface area contributed by atoms with E-state index in [4.69, 9.17) is 0 Å². The van der Waals surface area contributed by atoms with Gasteiger partial charge in [-0.2, -0.15) is 0 Å². The van der Waals surface area contributed by atoms with Crippen molar-refractivity contribution in [2.45, 2.75) is 0 Å². The van der Waals surface area contributed by atoms with Crippen LogP contribution in [0.15, 0.2) is 18.2 Å². The van der Waals surface area contributed by atoms with E-state index in [1.807, 2.05) is 5.32 Å². The van der Waals surface area contributed by atoms with Crippen LogP contribution in [0, 0.1) is 11.6 Å². The first-order valence-electron chi connectivity index (χ1n) is 4.13. The van der Waals surface area contributed by atoms with E-state index >= 15 is 0 Å². The predicted octanol–water partition coefficient (Wildman–Crippen LogP) is 0.581. The van der Waals surface area contributed by atoms with Crippen LogP contribution >= 0.6 is 0 Å². The lowest BCUT2D eigenvalue weighted by Crippen LogP contribution is -2.34. The Kier molecular flexibility index (Phi) is 3.90. The number of carbonyl (C=O) groups is 2. The topological polar surface area (TPSA) is 67.4 Å². The van der Waals surface area contributed by atoms with Gasteiger partial charge in [0, 0.05) is 11.8 Å². The maximum absolute atomic E-state index is 12.7. The largest absolute Gasteiger partial charge is 0.333 e. The Morgan fingerprint density at radius 3 is 2.19 bits per heavy atom. The Balaban J connectivity index is 2.73. The molecular weight excluding hydrogens is 222 g/mol. The zero-order valence-electron chi connectivity index (χ0n) is 8.21. The molecule has 0 aromatic heterocycles. The molecule has 0 unspecified atom stereocenters. The summed E-state index contributed by atoms with van der Waals surface area (Å²) in [4.78, 5) is 26.2. The molecule has 2 amide bonds. The van der Waals surface area contributed by atoms with Crippen molar-refractivity contribution >= 4 is 17.5 Å². The molecule has 0 radical (unpaired) electrons. The van der Waals surface area contributed by atoms with Crippen molar-refractivity contribution in [1.29, 1.82) is 0 Å². The van der Waals surface area contributed by atoms with Crippen LogP contribution in [0.3, 0.4) is 0 Å². The minimum atomic E-state index is -1.09. The maximum atomic E-state index is 12.7. The van der Waals surface area contributed by atoms with Gasteiger partial charge < -0.3 is 5.32 Å². The number of hydroxylamine groups is 1. The molecule has 0 aliphatic heterocycles. The van der Waals surface area contributed by atoms with Gasteiger partial charge in [0.15, 0.2) is 0 Å². The first-order valence-corrected chi connectivity index (χ1v) is 4.13. The molecule has 0 saturated heterocycles. The van der Waals surface area contributed by atoms with Crippen LogP contribution in [0.4, 0.5) is 14.5 Å². The first-order chi connectivity index (χ1) is 7.52. The minimum absolute atomic E-state index is 0.159. The molecule has 0 fully saturated rings. The van der Waals surface area contributed by atoms with Gasteiger partial charge in [-0.25, -0.2) is 14.3 Å². The van der Waals surface area contributed by atoms with E-state index in [0.29, 0.717) is 6.07 Å². The van der Waals surface area contributed by atoms with E-state index in [1.54, 1.807) is 5.48 Å². The summed E-state index contributed by atoms with van der Waals surface area (Å²) < 4.78 is 25.4. The minimum Gasteiger partial charge on any atom is -0.318 e. The number of hydrogen-bond acceptors (Lipinski definition) is 3. The number of amides is 2. The third-order valence-corrected chi connectivity index (χ3v) is 1.52. The van der Waals surface area contributed by atoms with Crippen molar-refractivity contribution in [2.75, 3.05) is 12.4 Å². The second-order valence-corrected chi connectivity index (χ2v) is 2.75. The summed E-state index contributed by atoms with van der Waals surface area (Å²) in [6, 6.07) is 2.40. The van der Waals surface area contributed by atoms with E-state index in [9.17, 15) is 18.4 Å². The van der Waals surface area contributed by atoms with Crippen molar-refractivity contribution in [3.8, 4) is 0 Å². The average Bonchev–Trinajstić information content (AvgIpc) is 2.16. The van der Waals surface area contributed by atoms with Crippen LogP contribution in [0.1, 0.15) is 0 Å². The molecule has 0 heterocycles. The zero-order valence-corrected chi connectivity index (χ0v) is 8.21. The number of hydrogen-bond donors (Lipinski definition) is 2. The molecule has 0 bridgehead atoms. The van der Waals surface area contributed by atoms with Gasteiger partial charge in [0.2, 0.25) is 0 Å². The third kappa shape index (κ3) is 3.28. The van der Waals surface area contributed by atoms with Gasteiger partial charge >= 0.3 is 11.8 Å². The van der Waals surface area contributed by atoms with Crippen LogP contribution in [0.5, 0.6) is 0 Å². The molecule has 1 aromatic carbocycles. The summed E-state index contributed by atoms with van der Waals surface area (Å²) in [7, 11) is 1.15. The fourth-order valence-corrected chi connectivity index (χ4v) is 0.953. The highest BCUT2D eigenvalue weighted by Gasteiger charge is 2.13. The van der Waals surface area contributed by atoms with E-state index in [-0.39, 0.29) is 5.69 Å². The zero-order chi connectivity index (χ0) is 12.1. The summed E-state index contributed by atoms with van der Waals surface area (Å²) >= 11 is 0. The van der Waals surface area contributed by atoms with Gasteiger partial charge in [0.1, 0.15) is 11.6 Å². The van der Waals surface area contributed by atoms with Crippen LogP contribution < -0.4 is 10.8 Å². The molecule has 0 aliphatic carbocycles. The van der Waals surface area contributed by atoms with Crippen molar-refractivity contribution in [1.82, 2.24) is 5.48 Å². The van der Waals surface area contributed by atoms with Gasteiger partial charge in [0.05, 0.1) is 7.11 Å². The monoisotopic (exact) mass is 230 g/mol. The average molecular weight is 230 g/mol. The lowest BCUT2D eigenvalue weighted by atomic mass is 10.3. The lowest BCUT2D eigenvalue weighted by molar-refractivity contribution is -0.142. The smallest absolute Gasteiger partial charge is 0.318 e. The second-order valence-electron chi connectivity index (χ2n) is 2.75. The maximum Gasteiger partial charge on any atom is 0.333 e. The second kappa shape index (κ2) is 5.17. The molecule has 1 aromatic rings. The van der Waals surface area contributed by atoms with Gasteiger partial charge in [-0.3, -0.25) is 14.4 Å². The Labute approximate surface area is 89.3 Å².